The predicted molar refractivity (Wildman–Crippen MR) is 129 cm³/mol. The van der Waals surface area contributed by atoms with Crippen molar-refractivity contribution < 1.29 is 14.3 Å². The molecule has 1 amide bonds. The number of rotatable bonds is 2. The van der Waals surface area contributed by atoms with E-state index in [1.165, 1.54) is 0 Å². The number of ether oxygens (including phenoxy) is 2. The molecule has 0 radical (unpaired) electrons. The Hall–Kier alpha value is -3.80. The normalized spacial score (nSPS) is 17.3. The highest BCUT2D eigenvalue weighted by atomic mass is 16.5. The summed E-state index contributed by atoms with van der Waals surface area (Å²) < 4.78 is 11.6. The standard InChI is InChI=1S/C27H27N3O3/c1-18-12-13-24-21(16-18)26(28-22-9-5-7-11-25(22)33-24)29-14-15-30(19(2)17-29)27(31)20-8-4-6-10-23(20)32-3/h4-13,16,19H,14-15,17H2,1-3H3/t19-/m0/s1. The summed E-state index contributed by atoms with van der Waals surface area (Å²) in [7, 11) is 1.59. The van der Waals surface area contributed by atoms with Gasteiger partial charge in [0.2, 0.25) is 0 Å². The summed E-state index contributed by atoms with van der Waals surface area (Å²) in [6.07, 6.45) is 0. The number of nitrogens with zero attached hydrogens (tertiary/aromatic N) is 3. The second kappa shape index (κ2) is 8.62. The minimum Gasteiger partial charge on any atom is -0.496 e. The molecule has 0 spiro atoms. The van der Waals surface area contributed by atoms with E-state index in [9.17, 15) is 4.79 Å². The number of aliphatic imine (C=N–C) groups is 1. The highest BCUT2D eigenvalue weighted by Crippen LogP contribution is 2.38. The lowest BCUT2D eigenvalue weighted by atomic mass is 10.1. The first-order valence-corrected chi connectivity index (χ1v) is 11.2. The molecule has 2 aliphatic heterocycles. The number of carbonyl (C=O) groups is 1. The molecule has 3 aromatic carbocycles. The van der Waals surface area contributed by atoms with E-state index in [1.54, 1.807) is 7.11 Å². The van der Waals surface area contributed by atoms with Crippen LogP contribution in [0.3, 0.4) is 0 Å². The van der Waals surface area contributed by atoms with Gasteiger partial charge in [0.1, 0.15) is 23.0 Å². The Kier molecular flexibility index (Phi) is 5.50. The fraction of sp³-hybridized carbons (Fsp3) is 0.259. The first kappa shape index (κ1) is 21.1. The van der Waals surface area contributed by atoms with Crippen molar-refractivity contribution in [2.24, 2.45) is 4.99 Å². The Morgan fingerprint density at radius 2 is 1.82 bits per heavy atom. The summed E-state index contributed by atoms with van der Waals surface area (Å²) in [6.45, 7) is 6.11. The van der Waals surface area contributed by atoms with Crippen LogP contribution in [0.25, 0.3) is 0 Å². The summed E-state index contributed by atoms with van der Waals surface area (Å²) in [6, 6.07) is 21.4. The van der Waals surface area contributed by atoms with E-state index in [4.69, 9.17) is 14.5 Å². The molecule has 0 aliphatic carbocycles. The van der Waals surface area contributed by atoms with E-state index >= 15 is 0 Å². The Labute approximate surface area is 194 Å². The van der Waals surface area contributed by atoms with Gasteiger partial charge in [-0.3, -0.25) is 4.79 Å². The molecule has 0 saturated carbocycles. The lowest BCUT2D eigenvalue weighted by Crippen LogP contribution is -2.55. The molecule has 6 nitrogen and oxygen atoms in total. The SMILES string of the molecule is COc1ccccc1C(=O)N1CCN(C2=Nc3ccccc3Oc3ccc(C)cc32)C[C@@H]1C. The zero-order valence-electron chi connectivity index (χ0n) is 19.1. The van der Waals surface area contributed by atoms with E-state index in [0.717, 1.165) is 34.1 Å². The van der Waals surface area contributed by atoms with Crippen molar-refractivity contribution in [3.05, 3.63) is 83.4 Å². The maximum absolute atomic E-state index is 13.3. The van der Waals surface area contributed by atoms with Gasteiger partial charge in [-0.25, -0.2) is 4.99 Å². The number of amides is 1. The topological polar surface area (TPSA) is 54.4 Å². The number of piperazine rings is 1. The summed E-state index contributed by atoms with van der Waals surface area (Å²) in [5.74, 6) is 3.02. The van der Waals surface area contributed by atoms with Gasteiger partial charge in [0.25, 0.3) is 5.91 Å². The molecule has 1 atom stereocenters. The van der Waals surface area contributed by atoms with E-state index in [2.05, 4.69) is 30.9 Å². The van der Waals surface area contributed by atoms with Crippen LogP contribution < -0.4 is 9.47 Å². The third kappa shape index (κ3) is 3.93. The van der Waals surface area contributed by atoms with Gasteiger partial charge in [-0.2, -0.15) is 0 Å². The highest BCUT2D eigenvalue weighted by molar-refractivity contribution is 6.04. The zero-order chi connectivity index (χ0) is 22.9. The number of hydrogen-bond acceptors (Lipinski definition) is 5. The third-order valence-electron chi connectivity index (χ3n) is 6.21. The van der Waals surface area contributed by atoms with Crippen LogP contribution in [-0.4, -0.2) is 54.3 Å². The molecule has 168 valence electrons. The van der Waals surface area contributed by atoms with Crippen LogP contribution >= 0.6 is 0 Å². The van der Waals surface area contributed by atoms with Gasteiger partial charge >= 0.3 is 0 Å². The fourth-order valence-electron chi connectivity index (χ4n) is 4.50. The largest absolute Gasteiger partial charge is 0.496 e. The van der Waals surface area contributed by atoms with Gasteiger partial charge in [0.05, 0.1) is 18.2 Å². The molecular weight excluding hydrogens is 414 g/mol. The van der Waals surface area contributed by atoms with Gasteiger partial charge in [0, 0.05) is 25.7 Å². The number of fused-ring (bicyclic) bond motifs is 2. The maximum Gasteiger partial charge on any atom is 0.257 e. The van der Waals surface area contributed by atoms with Crippen LogP contribution in [0.4, 0.5) is 5.69 Å². The van der Waals surface area contributed by atoms with Gasteiger partial charge in [-0.15, -0.1) is 0 Å². The molecule has 5 rings (SSSR count). The Morgan fingerprint density at radius 3 is 2.64 bits per heavy atom. The average molecular weight is 442 g/mol. The van der Waals surface area contributed by atoms with Gasteiger partial charge in [-0.1, -0.05) is 35.9 Å². The first-order valence-electron chi connectivity index (χ1n) is 11.2. The molecule has 33 heavy (non-hydrogen) atoms. The van der Waals surface area contributed by atoms with Crippen LogP contribution in [0.5, 0.6) is 17.2 Å². The van der Waals surface area contributed by atoms with Crippen molar-refractivity contribution in [3.63, 3.8) is 0 Å². The van der Waals surface area contributed by atoms with E-state index in [1.807, 2.05) is 59.5 Å². The lowest BCUT2D eigenvalue weighted by molar-refractivity contribution is 0.0578. The van der Waals surface area contributed by atoms with Gasteiger partial charge in [-0.05, 0) is 50.2 Å². The number of aryl methyl sites for hydroxylation is 1. The Bertz CT molecular complexity index is 1240. The van der Waals surface area contributed by atoms with Crippen molar-refractivity contribution in [1.82, 2.24) is 9.80 Å². The molecule has 0 aromatic heterocycles. The van der Waals surface area contributed by atoms with E-state index in [-0.39, 0.29) is 11.9 Å². The van der Waals surface area contributed by atoms with Crippen molar-refractivity contribution in [1.29, 1.82) is 0 Å². The second-order valence-electron chi connectivity index (χ2n) is 8.50. The zero-order valence-corrected chi connectivity index (χ0v) is 19.1. The molecule has 1 saturated heterocycles. The smallest absolute Gasteiger partial charge is 0.257 e. The molecule has 1 fully saturated rings. The number of para-hydroxylation sites is 3. The van der Waals surface area contributed by atoms with Gasteiger partial charge < -0.3 is 19.3 Å². The van der Waals surface area contributed by atoms with Crippen LogP contribution in [0.15, 0.2) is 71.7 Å². The minimum atomic E-state index is -0.00710. The van der Waals surface area contributed by atoms with Crippen LogP contribution in [-0.2, 0) is 0 Å². The molecule has 0 bridgehead atoms. The molecular formula is C27H27N3O3. The number of hydrogen-bond donors (Lipinski definition) is 0. The first-order chi connectivity index (χ1) is 16.0. The van der Waals surface area contributed by atoms with Crippen LogP contribution in [0, 0.1) is 6.92 Å². The minimum absolute atomic E-state index is 0.00605. The molecule has 0 N–H and O–H groups in total. The van der Waals surface area contributed by atoms with E-state index in [0.29, 0.717) is 30.9 Å². The molecule has 2 aliphatic rings. The number of carbonyl (C=O) groups excluding carboxylic acids is 1. The summed E-state index contributed by atoms with van der Waals surface area (Å²) in [4.78, 5) is 22.5. The number of amidine groups is 1. The summed E-state index contributed by atoms with van der Waals surface area (Å²) >= 11 is 0. The van der Waals surface area contributed by atoms with Crippen LogP contribution in [0.2, 0.25) is 0 Å². The Morgan fingerprint density at radius 1 is 1.03 bits per heavy atom. The average Bonchev–Trinajstić information content (AvgIpc) is 3.00. The predicted octanol–water partition coefficient (Wildman–Crippen LogP) is 5.03. The van der Waals surface area contributed by atoms with E-state index < -0.39 is 0 Å². The maximum atomic E-state index is 13.3. The van der Waals surface area contributed by atoms with Gasteiger partial charge in [0.15, 0.2) is 5.75 Å². The summed E-state index contributed by atoms with van der Waals surface area (Å²) in [5.41, 5.74) is 3.52. The molecule has 2 heterocycles. The number of methoxy groups -OCH3 is 1. The second-order valence-corrected chi connectivity index (χ2v) is 8.50. The summed E-state index contributed by atoms with van der Waals surface area (Å²) in [5, 5.41) is 0. The van der Waals surface area contributed by atoms with Crippen molar-refractivity contribution in [3.8, 4) is 17.2 Å². The fourth-order valence-corrected chi connectivity index (χ4v) is 4.50. The highest BCUT2D eigenvalue weighted by Gasteiger charge is 2.32. The number of benzene rings is 3. The Balaban J connectivity index is 1.46. The van der Waals surface area contributed by atoms with Crippen molar-refractivity contribution >= 4 is 17.4 Å². The third-order valence-corrected chi connectivity index (χ3v) is 6.21. The molecule has 3 aromatic rings. The molecule has 6 heteroatoms. The monoisotopic (exact) mass is 441 g/mol. The quantitative estimate of drug-likeness (QED) is 0.560. The van der Waals surface area contributed by atoms with Crippen LogP contribution in [0.1, 0.15) is 28.4 Å². The van der Waals surface area contributed by atoms with Crippen molar-refractivity contribution in [2.75, 3.05) is 26.7 Å². The molecule has 0 unspecified atom stereocenters. The lowest BCUT2D eigenvalue weighted by Gasteiger charge is -2.41. The van der Waals surface area contributed by atoms with Crippen molar-refractivity contribution in [2.45, 2.75) is 19.9 Å².